The second kappa shape index (κ2) is 6.67. The zero-order valence-corrected chi connectivity index (χ0v) is 15.9. The fraction of sp³-hybridized carbons (Fsp3) is 0.571. The van der Waals surface area contributed by atoms with Crippen LogP contribution in [0.4, 0.5) is 0 Å². The SMILES string of the molecule is O=C1CCC(N2Cc3cccc(CN[C@]45CCC[C@H]4CNC5)c3C2=O)C(=O)N1. The molecule has 5 rings (SSSR count). The van der Waals surface area contributed by atoms with E-state index in [0.29, 0.717) is 25.4 Å². The van der Waals surface area contributed by atoms with E-state index in [2.05, 4.69) is 16.0 Å². The molecule has 7 heteroatoms. The van der Waals surface area contributed by atoms with Crippen molar-refractivity contribution in [3.8, 4) is 0 Å². The van der Waals surface area contributed by atoms with Crippen molar-refractivity contribution in [2.24, 2.45) is 5.92 Å². The predicted molar refractivity (Wildman–Crippen MR) is 102 cm³/mol. The number of nitrogens with one attached hydrogen (secondary N) is 3. The zero-order valence-electron chi connectivity index (χ0n) is 15.9. The largest absolute Gasteiger partial charge is 0.322 e. The molecule has 1 aromatic rings. The normalized spacial score (nSPS) is 31.9. The van der Waals surface area contributed by atoms with Gasteiger partial charge in [0, 0.05) is 37.2 Å². The van der Waals surface area contributed by atoms with Crippen LogP contribution in [0.15, 0.2) is 18.2 Å². The number of carbonyl (C=O) groups excluding carboxylic acids is 3. The summed E-state index contributed by atoms with van der Waals surface area (Å²) in [4.78, 5) is 38.5. The van der Waals surface area contributed by atoms with Crippen molar-refractivity contribution < 1.29 is 14.4 Å². The molecular weight excluding hydrogens is 356 g/mol. The number of piperidine rings is 1. The number of hydrogen-bond acceptors (Lipinski definition) is 5. The van der Waals surface area contributed by atoms with Crippen LogP contribution in [0.25, 0.3) is 0 Å². The van der Waals surface area contributed by atoms with E-state index in [1.807, 2.05) is 18.2 Å². The first kappa shape index (κ1) is 17.8. The summed E-state index contributed by atoms with van der Waals surface area (Å²) in [7, 11) is 0. The smallest absolute Gasteiger partial charge is 0.255 e. The minimum atomic E-state index is -0.560. The van der Waals surface area contributed by atoms with Crippen molar-refractivity contribution in [2.45, 2.75) is 56.8 Å². The van der Waals surface area contributed by atoms with Crippen LogP contribution in [0.2, 0.25) is 0 Å². The molecule has 3 fully saturated rings. The Bertz CT molecular complexity index is 842. The number of fused-ring (bicyclic) bond motifs is 2. The number of hydrogen-bond donors (Lipinski definition) is 3. The highest BCUT2D eigenvalue weighted by molar-refractivity contribution is 6.05. The van der Waals surface area contributed by atoms with Gasteiger partial charge in [-0.2, -0.15) is 0 Å². The predicted octanol–water partition coefficient (Wildman–Crippen LogP) is 0.679. The topological polar surface area (TPSA) is 90.5 Å². The molecule has 0 radical (unpaired) electrons. The number of imide groups is 1. The van der Waals surface area contributed by atoms with Crippen LogP contribution < -0.4 is 16.0 Å². The molecule has 4 aliphatic rings. The molecule has 1 unspecified atom stereocenters. The van der Waals surface area contributed by atoms with Gasteiger partial charge in [0.15, 0.2) is 0 Å². The Kier molecular flexibility index (Phi) is 4.25. The number of nitrogens with zero attached hydrogens (tertiary/aromatic N) is 1. The second-order valence-corrected chi connectivity index (χ2v) is 8.58. The zero-order chi connectivity index (χ0) is 19.3. The van der Waals surface area contributed by atoms with Gasteiger partial charge in [0.05, 0.1) is 0 Å². The molecule has 7 nitrogen and oxygen atoms in total. The third-order valence-corrected chi connectivity index (χ3v) is 7.06. The Morgan fingerprint density at radius 2 is 2.11 bits per heavy atom. The molecule has 3 amide bonds. The first-order valence-electron chi connectivity index (χ1n) is 10.3. The van der Waals surface area contributed by atoms with Crippen LogP contribution in [-0.4, -0.2) is 47.3 Å². The van der Waals surface area contributed by atoms with Gasteiger partial charge in [-0.25, -0.2) is 0 Å². The average Bonchev–Trinajstić information content (AvgIpc) is 3.33. The lowest BCUT2D eigenvalue weighted by Crippen LogP contribution is -2.52. The van der Waals surface area contributed by atoms with E-state index < -0.39 is 6.04 Å². The summed E-state index contributed by atoms with van der Waals surface area (Å²) in [6.45, 7) is 3.16. The molecule has 0 bridgehead atoms. The maximum absolute atomic E-state index is 13.2. The third-order valence-electron chi connectivity index (χ3n) is 7.06. The van der Waals surface area contributed by atoms with E-state index in [0.717, 1.165) is 29.8 Å². The minimum absolute atomic E-state index is 0.0908. The molecule has 148 valence electrons. The molecule has 3 atom stereocenters. The van der Waals surface area contributed by atoms with Crippen molar-refractivity contribution in [1.29, 1.82) is 0 Å². The Labute approximate surface area is 164 Å². The summed E-state index contributed by atoms with van der Waals surface area (Å²) in [6, 6.07) is 5.42. The standard InChI is InChI=1S/C21H26N4O3/c26-17-7-6-16(19(27)24-17)25-11-14-4-1-3-13(18(14)20(25)28)9-23-21-8-2-5-15(21)10-22-12-21/h1,3-4,15-16,22-23H,2,5-12H2,(H,24,26,27)/t15-,16?,21-/m0/s1. The lowest BCUT2D eigenvalue weighted by Gasteiger charge is -2.31. The molecule has 3 aliphatic heterocycles. The van der Waals surface area contributed by atoms with Crippen LogP contribution in [0.3, 0.4) is 0 Å². The van der Waals surface area contributed by atoms with E-state index in [-0.39, 0.29) is 29.7 Å². The molecular formula is C21H26N4O3. The Hall–Kier alpha value is -2.25. The van der Waals surface area contributed by atoms with Crippen molar-refractivity contribution >= 4 is 17.7 Å². The fourth-order valence-corrected chi connectivity index (χ4v) is 5.55. The molecule has 1 aromatic carbocycles. The summed E-state index contributed by atoms with van der Waals surface area (Å²) in [5, 5.41) is 9.65. The Balaban J connectivity index is 1.35. The minimum Gasteiger partial charge on any atom is -0.322 e. The van der Waals surface area contributed by atoms with Gasteiger partial charge in [-0.15, -0.1) is 0 Å². The highest BCUT2D eigenvalue weighted by Crippen LogP contribution is 2.39. The second-order valence-electron chi connectivity index (χ2n) is 8.58. The van der Waals surface area contributed by atoms with E-state index in [9.17, 15) is 14.4 Å². The summed E-state index contributed by atoms with van der Waals surface area (Å²) in [6.07, 6.45) is 4.37. The number of benzene rings is 1. The highest BCUT2D eigenvalue weighted by Gasteiger charge is 2.46. The quantitative estimate of drug-likeness (QED) is 0.667. The Morgan fingerprint density at radius 3 is 2.96 bits per heavy atom. The summed E-state index contributed by atoms with van der Waals surface area (Å²) in [5.41, 5.74) is 2.85. The van der Waals surface area contributed by atoms with Crippen molar-refractivity contribution in [2.75, 3.05) is 13.1 Å². The molecule has 1 aliphatic carbocycles. The third kappa shape index (κ3) is 2.76. The lowest BCUT2D eigenvalue weighted by atomic mass is 9.90. The van der Waals surface area contributed by atoms with E-state index >= 15 is 0 Å². The van der Waals surface area contributed by atoms with Gasteiger partial charge >= 0.3 is 0 Å². The number of carbonyl (C=O) groups is 3. The van der Waals surface area contributed by atoms with Crippen LogP contribution in [0.5, 0.6) is 0 Å². The molecule has 3 N–H and O–H groups in total. The van der Waals surface area contributed by atoms with Crippen molar-refractivity contribution in [3.05, 3.63) is 34.9 Å². The van der Waals surface area contributed by atoms with E-state index in [1.54, 1.807) is 4.90 Å². The fourth-order valence-electron chi connectivity index (χ4n) is 5.55. The van der Waals surface area contributed by atoms with Gasteiger partial charge in [-0.05, 0) is 42.9 Å². The maximum atomic E-state index is 13.2. The lowest BCUT2D eigenvalue weighted by molar-refractivity contribution is -0.136. The van der Waals surface area contributed by atoms with Crippen molar-refractivity contribution in [1.82, 2.24) is 20.9 Å². The first-order valence-corrected chi connectivity index (χ1v) is 10.3. The molecule has 3 heterocycles. The Morgan fingerprint density at radius 1 is 1.21 bits per heavy atom. The van der Waals surface area contributed by atoms with E-state index in [1.165, 1.54) is 19.3 Å². The van der Waals surface area contributed by atoms with Crippen LogP contribution in [0.1, 0.15) is 53.6 Å². The number of amides is 3. The van der Waals surface area contributed by atoms with Crippen LogP contribution in [-0.2, 0) is 22.7 Å². The monoisotopic (exact) mass is 382 g/mol. The maximum Gasteiger partial charge on any atom is 0.255 e. The van der Waals surface area contributed by atoms with Gasteiger partial charge in [0.2, 0.25) is 11.8 Å². The average molecular weight is 382 g/mol. The van der Waals surface area contributed by atoms with Gasteiger partial charge in [0.25, 0.3) is 5.91 Å². The summed E-state index contributed by atoms with van der Waals surface area (Å²) in [5.74, 6) is -0.0421. The highest BCUT2D eigenvalue weighted by atomic mass is 16.2. The molecule has 1 saturated carbocycles. The molecule has 28 heavy (non-hydrogen) atoms. The first-order chi connectivity index (χ1) is 13.6. The van der Waals surface area contributed by atoms with Gasteiger partial charge < -0.3 is 15.5 Å². The summed E-state index contributed by atoms with van der Waals surface area (Å²) < 4.78 is 0. The van der Waals surface area contributed by atoms with Crippen molar-refractivity contribution in [3.63, 3.8) is 0 Å². The summed E-state index contributed by atoms with van der Waals surface area (Å²) >= 11 is 0. The van der Waals surface area contributed by atoms with Crippen LogP contribution >= 0.6 is 0 Å². The van der Waals surface area contributed by atoms with E-state index in [4.69, 9.17) is 0 Å². The molecule has 2 saturated heterocycles. The van der Waals surface area contributed by atoms with Gasteiger partial charge in [-0.1, -0.05) is 24.6 Å². The molecule has 0 spiro atoms. The van der Waals surface area contributed by atoms with Crippen LogP contribution in [0, 0.1) is 5.92 Å². The van der Waals surface area contributed by atoms with Gasteiger partial charge in [0.1, 0.15) is 6.04 Å². The number of rotatable bonds is 4. The molecule has 0 aromatic heterocycles. The van der Waals surface area contributed by atoms with Gasteiger partial charge in [-0.3, -0.25) is 19.7 Å².